The molecule has 25 heavy (non-hydrogen) atoms. The van der Waals surface area contributed by atoms with Crippen LogP contribution in [0.25, 0.3) is 0 Å². The maximum atomic E-state index is 13.0. The molecule has 1 heterocycles. The summed E-state index contributed by atoms with van der Waals surface area (Å²) in [6.45, 7) is 2.51. The van der Waals surface area contributed by atoms with E-state index in [2.05, 4.69) is 4.74 Å². The van der Waals surface area contributed by atoms with Gasteiger partial charge in [0.1, 0.15) is 0 Å². The van der Waals surface area contributed by atoms with E-state index in [4.69, 9.17) is 0 Å². The molecule has 0 unspecified atom stereocenters. The van der Waals surface area contributed by atoms with Crippen LogP contribution in [0.4, 0.5) is 0 Å². The Morgan fingerprint density at radius 1 is 1.08 bits per heavy atom. The number of carbonyl (C=O) groups is 1. The zero-order chi connectivity index (χ0) is 18.0. The van der Waals surface area contributed by atoms with Gasteiger partial charge in [0.25, 0.3) is 0 Å². The first-order valence-electron chi connectivity index (χ1n) is 8.20. The Hall–Kier alpha value is -2.18. The fourth-order valence-corrected chi connectivity index (χ4v) is 4.85. The number of rotatable bonds is 4. The summed E-state index contributed by atoms with van der Waals surface area (Å²) in [5.74, 6) is -0.484. The average Bonchev–Trinajstić information content (AvgIpc) is 3.12. The van der Waals surface area contributed by atoms with Crippen molar-refractivity contribution in [1.29, 1.82) is 0 Å². The van der Waals surface area contributed by atoms with Gasteiger partial charge in [-0.1, -0.05) is 29.8 Å². The van der Waals surface area contributed by atoms with Crippen molar-refractivity contribution in [3.05, 3.63) is 65.2 Å². The number of esters is 1. The van der Waals surface area contributed by atoms with Crippen molar-refractivity contribution < 1.29 is 17.9 Å². The molecule has 0 radical (unpaired) electrons. The van der Waals surface area contributed by atoms with Gasteiger partial charge in [0.05, 0.1) is 23.6 Å². The molecule has 1 saturated heterocycles. The van der Waals surface area contributed by atoms with Gasteiger partial charge in [0.15, 0.2) is 0 Å². The van der Waals surface area contributed by atoms with E-state index in [-0.39, 0.29) is 10.9 Å². The minimum absolute atomic E-state index is 0.147. The summed E-state index contributed by atoms with van der Waals surface area (Å²) in [7, 11) is -2.32. The van der Waals surface area contributed by atoms with Crippen LogP contribution in [-0.4, -0.2) is 32.3 Å². The lowest BCUT2D eigenvalue weighted by Crippen LogP contribution is -2.30. The molecule has 132 valence electrons. The molecule has 5 nitrogen and oxygen atoms in total. The Kier molecular flexibility index (Phi) is 4.92. The van der Waals surface area contributed by atoms with E-state index in [1.807, 2.05) is 31.2 Å². The smallest absolute Gasteiger partial charge is 0.337 e. The van der Waals surface area contributed by atoms with Crippen LogP contribution >= 0.6 is 0 Å². The van der Waals surface area contributed by atoms with E-state index in [0.717, 1.165) is 24.0 Å². The summed E-state index contributed by atoms with van der Waals surface area (Å²) >= 11 is 0. The quantitative estimate of drug-likeness (QED) is 0.786. The molecule has 1 atom stereocenters. The van der Waals surface area contributed by atoms with Crippen molar-refractivity contribution in [3.63, 3.8) is 0 Å². The Labute approximate surface area is 148 Å². The Balaban J connectivity index is 1.90. The lowest BCUT2D eigenvalue weighted by atomic mass is 10.0. The zero-order valence-corrected chi connectivity index (χ0v) is 15.1. The third kappa shape index (κ3) is 3.45. The van der Waals surface area contributed by atoms with Crippen molar-refractivity contribution in [2.24, 2.45) is 0 Å². The molecule has 2 aromatic carbocycles. The summed E-state index contributed by atoms with van der Waals surface area (Å²) in [6.07, 6.45) is 1.64. The molecule has 0 amide bonds. The van der Waals surface area contributed by atoms with Gasteiger partial charge in [-0.15, -0.1) is 0 Å². The predicted molar refractivity (Wildman–Crippen MR) is 94.8 cm³/mol. The SMILES string of the molecule is COC(=O)c1ccc(S(=O)(=O)N2CCC[C@H]2c2ccc(C)cc2)cc1. The number of aryl methyl sites for hydroxylation is 1. The van der Waals surface area contributed by atoms with Crippen molar-refractivity contribution in [2.75, 3.05) is 13.7 Å². The fraction of sp³-hybridized carbons (Fsp3) is 0.316. The molecule has 0 aromatic heterocycles. The van der Waals surface area contributed by atoms with Gasteiger partial charge in [0, 0.05) is 6.54 Å². The minimum atomic E-state index is -3.61. The maximum Gasteiger partial charge on any atom is 0.337 e. The standard InChI is InChI=1S/C19H21NO4S/c1-14-5-7-15(8-6-14)18-4-3-13-20(18)25(22,23)17-11-9-16(10-12-17)19(21)24-2/h5-12,18H,3-4,13H2,1-2H3/t18-/m0/s1. The van der Waals surface area contributed by atoms with E-state index in [1.54, 1.807) is 4.31 Å². The van der Waals surface area contributed by atoms with Crippen LogP contribution in [0.5, 0.6) is 0 Å². The predicted octanol–water partition coefficient (Wildman–Crippen LogP) is 3.31. The molecule has 0 spiro atoms. The van der Waals surface area contributed by atoms with Crippen molar-refractivity contribution in [3.8, 4) is 0 Å². The third-order valence-electron chi connectivity index (χ3n) is 4.55. The average molecular weight is 359 g/mol. The topological polar surface area (TPSA) is 63.7 Å². The van der Waals surface area contributed by atoms with E-state index < -0.39 is 16.0 Å². The summed E-state index contributed by atoms with van der Waals surface area (Å²) < 4.78 is 32.3. The molecule has 1 aliphatic heterocycles. The summed E-state index contributed by atoms with van der Waals surface area (Å²) in [5.41, 5.74) is 2.49. The van der Waals surface area contributed by atoms with Crippen molar-refractivity contribution in [1.82, 2.24) is 4.31 Å². The summed E-state index contributed by atoms with van der Waals surface area (Å²) in [5, 5.41) is 0. The number of nitrogens with zero attached hydrogens (tertiary/aromatic N) is 1. The Morgan fingerprint density at radius 3 is 2.32 bits per heavy atom. The van der Waals surface area contributed by atoms with Crippen LogP contribution in [0.1, 0.15) is 40.4 Å². The Bertz CT molecular complexity index is 857. The van der Waals surface area contributed by atoms with Gasteiger partial charge in [0.2, 0.25) is 10.0 Å². The number of methoxy groups -OCH3 is 1. The molecule has 0 saturated carbocycles. The molecule has 2 aromatic rings. The van der Waals surface area contributed by atoms with Crippen LogP contribution < -0.4 is 0 Å². The van der Waals surface area contributed by atoms with Crippen LogP contribution in [0, 0.1) is 6.92 Å². The van der Waals surface area contributed by atoms with Gasteiger partial charge in [-0.05, 0) is 49.6 Å². The van der Waals surface area contributed by atoms with Gasteiger partial charge in [-0.2, -0.15) is 4.31 Å². The fourth-order valence-electron chi connectivity index (χ4n) is 3.17. The van der Waals surface area contributed by atoms with E-state index >= 15 is 0 Å². The molecule has 3 rings (SSSR count). The largest absolute Gasteiger partial charge is 0.465 e. The highest BCUT2D eigenvalue weighted by Gasteiger charge is 2.36. The maximum absolute atomic E-state index is 13.0. The van der Waals surface area contributed by atoms with Crippen LogP contribution in [-0.2, 0) is 14.8 Å². The molecule has 6 heteroatoms. The third-order valence-corrected chi connectivity index (χ3v) is 6.47. The number of hydrogen-bond donors (Lipinski definition) is 0. The molecule has 1 aliphatic rings. The van der Waals surface area contributed by atoms with Gasteiger partial charge in [-0.25, -0.2) is 13.2 Å². The highest BCUT2D eigenvalue weighted by molar-refractivity contribution is 7.89. The second-order valence-electron chi connectivity index (χ2n) is 6.20. The molecule has 0 aliphatic carbocycles. The van der Waals surface area contributed by atoms with Crippen LogP contribution in [0.3, 0.4) is 0 Å². The molecule has 0 N–H and O–H groups in total. The number of benzene rings is 2. The van der Waals surface area contributed by atoms with Gasteiger partial charge >= 0.3 is 5.97 Å². The summed E-state index contributed by atoms with van der Waals surface area (Å²) in [4.78, 5) is 11.7. The van der Waals surface area contributed by atoms with Crippen LogP contribution in [0.15, 0.2) is 53.4 Å². The van der Waals surface area contributed by atoms with E-state index in [0.29, 0.717) is 12.1 Å². The number of sulfonamides is 1. The van der Waals surface area contributed by atoms with Gasteiger partial charge in [-0.3, -0.25) is 0 Å². The van der Waals surface area contributed by atoms with Crippen molar-refractivity contribution in [2.45, 2.75) is 30.7 Å². The van der Waals surface area contributed by atoms with E-state index in [9.17, 15) is 13.2 Å². The van der Waals surface area contributed by atoms with Crippen LogP contribution in [0.2, 0.25) is 0 Å². The lowest BCUT2D eigenvalue weighted by Gasteiger charge is -2.24. The first-order chi connectivity index (χ1) is 11.9. The van der Waals surface area contributed by atoms with Crippen molar-refractivity contribution >= 4 is 16.0 Å². The highest BCUT2D eigenvalue weighted by atomic mass is 32.2. The second kappa shape index (κ2) is 6.98. The lowest BCUT2D eigenvalue weighted by molar-refractivity contribution is 0.0600. The normalized spacial score (nSPS) is 18.2. The minimum Gasteiger partial charge on any atom is -0.465 e. The number of carbonyl (C=O) groups excluding carboxylic acids is 1. The Morgan fingerprint density at radius 2 is 1.72 bits per heavy atom. The highest BCUT2D eigenvalue weighted by Crippen LogP contribution is 2.36. The van der Waals surface area contributed by atoms with Gasteiger partial charge < -0.3 is 4.74 Å². The van der Waals surface area contributed by atoms with E-state index in [1.165, 1.54) is 31.4 Å². The molecule has 0 bridgehead atoms. The number of ether oxygens (including phenoxy) is 1. The summed E-state index contributed by atoms with van der Waals surface area (Å²) in [6, 6.07) is 13.7. The molecule has 1 fully saturated rings. The molecular weight excluding hydrogens is 338 g/mol. The first-order valence-corrected chi connectivity index (χ1v) is 9.64. The first kappa shape index (κ1) is 17.6. The molecular formula is C19H21NO4S. The monoisotopic (exact) mass is 359 g/mol. The second-order valence-corrected chi connectivity index (χ2v) is 8.09. The number of hydrogen-bond acceptors (Lipinski definition) is 4. The zero-order valence-electron chi connectivity index (χ0n) is 14.3.